The van der Waals surface area contributed by atoms with Crippen LogP contribution in [0.3, 0.4) is 0 Å². The first-order chi connectivity index (χ1) is 11.5. The fourth-order valence-electron chi connectivity index (χ4n) is 2.30. The van der Waals surface area contributed by atoms with Crippen LogP contribution in [-0.2, 0) is 0 Å². The molecule has 0 spiro atoms. The molecule has 3 N–H and O–H groups in total. The Morgan fingerprint density at radius 1 is 1.29 bits per heavy atom. The SMILES string of the molecule is CCOc1cc(F)ccc1NC(=O)NCC(O)c1ccccc1C. The van der Waals surface area contributed by atoms with Gasteiger partial charge >= 0.3 is 6.03 Å². The second-order valence-corrected chi connectivity index (χ2v) is 5.28. The number of halogens is 1. The van der Waals surface area contributed by atoms with E-state index in [4.69, 9.17) is 4.74 Å². The van der Waals surface area contributed by atoms with Crippen molar-refractivity contribution in [3.8, 4) is 5.75 Å². The van der Waals surface area contributed by atoms with E-state index in [0.29, 0.717) is 12.3 Å². The van der Waals surface area contributed by atoms with Gasteiger partial charge in [-0.1, -0.05) is 24.3 Å². The van der Waals surface area contributed by atoms with Crippen molar-refractivity contribution in [2.24, 2.45) is 0 Å². The number of urea groups is 1. The van der Waals surface area contributed by atoms with Crippen molar-refractivity contribution in [2.75, 3.05) is 18.5 Å². The Kier molecular flexibility index (Phi) is 6.14. The summed E-state index contributed by atoms with van der Waals surface area (Å²) in [5, 5.41) is 15.4. The van der Waals surface area contributed by atoms with Gasteiger partial charge in [0.2, 0.25) is 0 Å². The first kappa shape index (κ1) is 17.7. The molecular weight excluding hydrogens is 311 g/mol. The fourth-order valence-corrected chi connectivity index (χ4v) is 2.30. The highest BCUT2D eigenvalue weighted by Crippen LogP contribution is 2.25. The number of ether oxygens (including phenoxy) is 1. The van der Waals surface area contributed by atoms with E-state index >= 15 is 0 Å². The molecule has 0 aliphatic rings. The van der Waals surface area contributed by atoms with E-state index in [-0.39, 0.29) is 12.3 Å². The third-order valence-electron chi connectivity index (χ3n) is 3.50. The average molecular weight is 332 g/mol. The topological polar surface area (TPSA) is 70.6 Å². The molecule has 24 heavy (non-hydrogen) atoms. The van der Waals surface area contributed by atoms with Crippen molar-refractivity contribution in [2.45, 2.75) is 20.0 Å². The minimum Gasteiger partial charge on any atom is -0.492 e. The first-order valence-electron chi connectivity index (χ1n) is 7.72. The molecule has 1 unspecified atom stereocenters. The Balaban J connectivity index is 1.95. The summed E-state index contributed by atoms with van der Waals surface area (Å²) >= 11 is 0. The van der Waals surface area contributed by atoms with Crippen LogP contribution in [0.4, 0.5) is 14.9 Å². The number of aliphatic hydroxyl groups is 1. The minimum absolute atomic E-state index is 0.0574. The van der Waals surface area contributed by atoms with E-state index in [1.807, 2.05) is 31.2 Å². The van der Waals surface area contributed by atoms with Crippen LogP contribution in [0.25, 0.3) is 0 Å². The molecule has 1 atom stereocenters. The van der Waals surface area contributed by atoms with Gasteiger partial charge in [0, 0.05) is 12.6 Å². The van der Waals surface area contributed by atoms with Gasteiger partial charge in [0.25, 0.3) is 0 Å². The number of nitrogens with one attached hydrogen (secondary N) is 2. The molecule has 0 saturated heterocycles. The predicted octanol–water partition coefficient (Wildman–Crippen LogP) is 3.39. The second kappa shape index (κ2) is 8.31. The lowest BCUT2D eigenvalue weighted by Gasteiger charge is -2.16. The predicted molar refractivity (Wildman–Crippen MR) is 90.7 cm³/mol. The Morgan fingerprint density at radius 3 is 2.75 bits per heavy atom. The summed E-state index contributed by atoms with van der Waals surface area (Å²) in [6.07, 6.45) is -0.809. The zero-order valence-electron chi connectivity index (χ0n) is 13.7. The van der Waals surface area contributed by atoms with Gasteiger partial charge in [-0.15, -0.1) is 0 Å². The summed E-state index contributed by atoms with van der Waals surface area (Å²) in [4.78, 5) is 12.0. The Morgan fingerprint density at radius 2 is 2.04 bits per heavy atom. The van der Waals surface area contributed by atoms with Crippen LogP contribution in [0.15, 0.2) is 42.5 Å². The van der Waals surface area contributed by atoms with E-state index in [1.165, 1.54) is 18.2 Å². The summed E-state index contributed by atoms with van der Waals surface area (Å²) < 4.78 is 18.5. The molecule has 6 heteroatoms. The van der Waals surface area contributed by atoms with Gasteiger partial charge in [0.15, 0.2) is 0 Å². The van der Waals surface area contributed by atoms with Gasteiger partial charge in [-0.3, -0.25) is 0 Å². The highest BCUT2D eigenvalue weighted by atomic mass is 19.1. The van der Waals surface area contributed by atoms with Crippen LogP contribution >= 0.6 is 0 Å². The Bertz CT molecular complexity index is 706. The molecule has 0 saturated carbocycles. The maximum absolute atomic E-state index is 13.2. The highest BCUT2D eigenvalue weighted by Gasteiger charge is 2.13. The van der Waals surface area contributed by atoms with Crippen LogP contribution < -0.4 is 15.4 Å². The molecule has 0 fully saturated rings. The zero-order chi connectivity index (χ0) is 17.5. The molecule has 0 aliphatic carbocycles. The smallest absolute Gasteiger partial charge is 0.319 e. The number of hydrogen-bond acceptors (Lipinski definition) is 3. The molecule has 2 rings (SSSR count). The number of hydrogen-bond donors (Lipinski definition) is 3. The zero-order valence-corrected chi connectivity index (χ0v) is 13.7. The van der Waals surface area contributed by atoms with Crippen molar-refractivity contribution >= 4 is 11.7 Å². The summed E-state index contributed by atoms with van der Waals surface area (Å²) in [6.45, 7) is 4.08. The van der Waals surface area contributed by atoms with Gasteiger partial charge in [0.1, 0.15) is 11.6 Å². The molecule has 2 aromatic carbocycles. The number of carbonyl (C=O) groups excluding carboxylic acids is 1. The number of aliphatic hydroxyl groups excluding tert-OH is 1. The first-order valence-corrected chi connectivity index (χ1v) is 7.72. The van der Waals surface area contributed by atoms with Crippen molar-refractivity contribution in [3.05, 3.63) is 59.4 Å². The highest BCUT2D eigenvalue weighted by molar-refractivity contribution is 5.90. The molecule has 0 bridgehead atoms. The van der Waals surface area contributed by atoms with E-state index in [2.05, 4.69) is 10.6 Å². The van der Waals surface area contributed by atoms with Gasteiger partial charge < -0.3 is 20.5 Å². The van der Waals surface area contributed by atoms with Gasteiger partial charge in [-0.2, -0.15) is 0 Å². The van der Waals surface area contributed by atoms with Gasteiger partial charge in [-0.25, -0.2) is 9.18 Å². The van der Waals surface area contributed by atoms with Gasteiger partial charge in [0.05, 0.1) is 18.4 Å². The normalized spacial score (nSPS) is 11.7. The molecule has 0 aromatic heterocycles. The van der Waals surface area contributed by atoms with Crippen molar-refractivity contribution in [3.63, 3.8) is 0 Å². The van der Waals surface area contributed by atoms with Crippen LogP contribution in [0, 0.1) is 12.7 Å². The molecule has 0 radical (unpaired) electrons. The van der Waals surface area contributed by atoms with Gasteiger partial charge in [-0.05, 0) is 37.1 Å². The summed E-state index contributed by atoms with van der Waals surface area (Å²) in [5.41, 5.74) is 2.07. The molecule has 128 valence electrons. The maximum Gasteiger partial charge on any atom is 0.319 e. The van der Waals surface area contributed by atoms with Crippen molar-refractivity contribution in [1.82, 2.24) is 5.32 Å². The number of rotatable bonds is 6. The lowest BCUT2D eigenvalue weighted by Crippen LogP contribution is -2.32. The van der Waals surface area contributed by atoms with Crippen molar-refractivity contribution in [1.29, 1.82) is 0 Å². The van der Waals surface area contributed by atoms with Crippen LogP contribution in [0.1, 0.15) is 24.2 Å². The lowest BCUT2D eigenvalue weighted by atomic mass is 10.0. The summed E-state index contributed by atoms with van der Waals surface area (Å²) in [6, 6.07) is 10.8. The molecule has 2 amide bonds. The third kappa shape index (κ3) is 4.70. The second-order valence-electron chi connectivity index (χ2n) is 5.28. The van der Waals surface area contributed by atoms with E-state index in [9.17, 15) is 14.3 Å². The average Bonchev–Trinajstić information content (AvgIpc) is 2.56. The molecular formula is C18H21FN2O3. The van der Waals surface area contributed by atoms with E-state index in [1.54, 1.807) is 6.92 Å². The largest absolute Gasteiger partial charge is 0.492 e. The molecule has 0 aliphatic heterocycles. The standard InChI is InChI=1S/C18H21FN2O3/c1-3-24-17-10-13(19)8-9-15(17)21-18(23)20-11-16(22)14-7-5-4-6-12(14)2/h4-10,16,22H,3,11H2,1-2H3,(H2,20,21,23). The summed E-state index contributed by atoms with van der Waals surface area (Å²) in [7, 11) is 0. The van der Waals surface area contributed by atoms with E-state index in [0.717, 1.165) is 11.1 Å². The minimum atomic E-state index is -0.809. The van der Waals surface area contributed by atoms with E-state index < -0.39 is 18.0 Å². The number of aryl methyl sites for hydroxylation is 1. The monoisotopic (exact) mass is 332 g/mol. The Hall–Kier alpha value is -2.60. The number of benzene rings is 2. The van der Waals surface area contributed by atoms with Crippen LogP contribution in [-0.4, -0.2) is 24.3 Å². The quantitative estimate of drug-likeness (QED) is 0.759. The summed E-state index contributed by atoms with van der Waals surface area (Å²) in [5.74, 6) is -0.188. The Labute approximate surface area is 140 Å². The number of amides is 2. The molecule has 0 heterocycles. The molecule has 5 nitrogen and oxygen atoms in total. The molecule has 2 aromatic rings. The van der Waals surface area contributed by atoms with Crippen LogP contribution in [0.2, 0.25) is 0 Å². The van der Waals surface area contributed by atoms with Crippen molar-refractivity contribution < 1.29 is 19.0 Å². The number of carbonyl (C=O) groups is 1. The third-order valence-corrected chi connectivity index (χ3v) is 3.50. The van der Waals surface area contributed by atoms with Crippen LogP contribution in [0.5, 0.6) is 5.75 Å². The fraction of sp³-hybridized carbons (Fsp3) is 0.278. The maximum atomic E-state index is 13.2. The number of anilines is 1. The lowest BCUT2D eigenvalue weighted by molar-refractivity contribution is 0.174.